The number of ether oxygens (including phenoxy) is 4. The molecule has 22 heavy (non-hydrogen) atoms. The molecule has 2 rings (SSSR count). The summed E-state index contributed by atoms with van der Waals surface area (Å²) in [7, 11) is 3.40. The topological polar surface area (TPSA) is 61.6 Å². The van der Waals surface area contributed by atoms with Crippen molar-refractivity contribution in [3.8, 4) is 0 Å². The summed E-state index contributed by atoms with van der Waals surface area (Å²) in [5.74, 6) is 1.53. The highest BCUT2D eigenvalue weighted by Gasteiger charge is 2.33. The van der Waals surface area contributed by atoms with Gasteiger partial charge in [-0.05, 0) is 27.7 Å². The van der Waals surface area contributed by atoms with Gasteiger partial charge in [0.1, 0.15) is 25.3 Å². The average Bonchev–Trinajstić information content (AvgIpc) is 3.09. The van der Waals surface area contributed by atoms with E-state index in [-0.39, 0.29) is 23.3 Å². The SMILES string of the molecule is COC(C)(C)[C@@H]1COC(C)=N1.COC(C)(C)[C@H]1COC(C)=N1. The maximum absolute atomic E-state index is 5.28. The zero-order valence-corrected chi connectivity index (χ0v) is 15.1. The molecule has 0 amide bonds. The van der Waals surface area contributed by atoms with E-state index in [0.29, 0.717) is 13.2 Å². The Kier molecular flexibility index (Phi) is 6.38. The standard InChI is InChI=1S/2C8H15NO2/c2*1-6-9-7(5-11-6)8(2,3)10-4/h2*7H,5H2,1-4H3/t2*7-/m10/s1. The van der Waals surface area contributed by atoms with Crippen molar-refractivity contribution in [1.29, 1.82) is 0 Å². The molecule has 0 unspecified atom stereocenters. The van der Waals surface area contributed by atoms with E-state index >= 15 is 0 Å². The van der Waals surface area contributed by atoms with E-state index < -0.39 is 0 Å². The number of hydrogen-bond donors (Lipinski definition) is 0. The average molecular weight is 314 g/mol. The molecule has 0 spiro atoms. The van der Waals surface area contributed by atoms with E-state index in [0.717, 1.165) is 11.8 Å². The van der Waals surface area contributed by atoms with Gasteiger partial charge in [-0.25, -0.2) is 9.98 Å². The van der Waals surface area contributed by atoms with Gasteiger partial charge in [-0.1, -0.05) is 0 Å². The van der Waals surface area contributed by atoms with Crippen LogP contribution in [0.4, 0.5) is 0 Å². The van der Waals surface area contributed by atoms with Gasteiger partial charge in [-0.15, -0.1) is 0 Å². The van der Waals surface area contributed by atoms with Crippen LogP contribution < -0.4 is 0 Å². The summed E-state index contributed by atoms with van der Waals surface area (Å²) < 4.78 is 21.0. The summed E-state index contributed by atoms with van der Waals surface area (Å²) in [6.45, 7) is 13.1. The molecule has 0 aromatic carbocycles. The molecule has 0 aromatic heterocycles. The maximum atomic E-state index is 5.28. The Labute approximate surface area is 133 Å². The number of rotatable bonds is 4. The lowest BCUT2D eigenvalue weighted by Gasteiger charge is -2.26. The van der Waals surface area contributed by atoms with Crippen LogP contribution in [0.25, 0.3) is 0 Å². The van der Waals surface area contributed by atoms with E-state index in [9.17, 15) is 0 Å². The van der Waals surface area contributed by atoms with Crippen molar-refractivity contribution >= 4 is 11.8 Å². The molecule has 0 N–H and O–H groups in total. The van der Waals surface area contributed by atoms with Crippen LogP contribution in [0.5, 0.6) is 0 Å². The van der Waals surface area contributed by atoms with Crippen LogP contribution in [0.15, 0.2) is 9.98 Å². The second-order valence-corrected chi connectivity index (χ2v) is 6.56. The summed E-state index contributed by atoms with van der Waals surface area (Å²) in [5.41, 5.74) is -0.421. The third-order valence-electron chi connectivity index (χ3n) is 4.23. The van der Waals surface area contributed by atoms with Crippen molar-refractivity contribution in [2.45, 2.75) is 64.8 Å². The van der Waals surface area contributed by atoms with Crippen LogP contribution >= 0.6 is 0 Å². The van der Waals surface area contributed by atoms with Gasteiger partial charge in [0.25, 0.3) is 0 Å². The molecule has 0 saturated carbocycles. The largest absolute Gasteiger partial charge is 0.479 e. The van der Waals surface area contributed by atoms with Crippen molar-refractivity contribution in [3.05, 3.63) is 0 Å². The minimum Gasteiger partial charge on any atom is -0.479 e. The zero-order valence-electron chi connectivity index (χ0n) is 15.1. The summed E-state index contributed by atoms with van der Waals surface area (Å²) in [6.07, 6.45) is 0. The molecule has 0 bridgehead atoms. The molecule has 2 atom stereocenters. The van der Waals surface area contributed by atoms with Crippen LogP contribution in [0.2, 0.25) is 0 Å². The van der Waals surface area contributed by atoms with Crippen LogP contribution in [-0.4, -0.2) is 62.5 Å². The molecule has 6 heteroatoms. The van der Waals surface area contributed by atoms with Crippen LogP contribution in [0.3, 0.4) is 0 Å². The van der Waals surface area contributed by atoms with Crippen LogP contribution in [0.1, 0.15) is 41.5 Å². The summed E-state index contributed by atoms with van der Waals surface area (Å²) in [5, 5.41) is 0. The van der Waals surface area contributed by atoms with E-state index in [4.69, 9.17) is 18.9 Å². The minimum absolute atomic E-state index is 0.146. The maximum Gasteiger partial charge on any atom is 0.180 e. The Morgan fingerprint density at radius 1 is 0.818 bits per heavy atom. The molecular weight excluding hydrogens is 284 g/mol. The number of hydrogen-bond acceptors (Lipinski definition) is 6. The fourth-order valence-corrected chi connectivity index (χ4v) is 1.97. The smallest absolute Gasteiger partial charge is 0.180 e. The highest BCUT2D eigenvalue weighted by Crippen LogP contribution is 2.21. The molecule has 0 radical (unpaired) electrons. The van der Waals surface area contributed by atoms with Crippen LogP contribution in [0, 0.1) is 0 Å². The molecule has 0 fully saturated rings. The second-order valence-electron chi connectivity index (χ2n) is 6.56. The van der Waals surface area contributed by atoms with Crippen molar-refractivity contribution in [3.63, 3.8) is 0 Å². The van der Waals surface area contributed by atoms with Gasteiger partial charge in [-0.3, -0.25) is 0 Å². The van der Waals surface area contributed by atoms with E-state index in [1.807, 2.05) is 41.5 Å². The first kappa shape index (κ1) is 18.9. The van der Waals surface area contributed by atoms with Gasteiger partial charge >= 0.3 is 0 Å². The van der Waals surface area contributed by atoms with Gasteiger partial charge in [0.2, 0.25) is 0 Å². The molecule has 0 aliphatic carbocycles. The number of aliphatic imine (C=N–C) groups is 2. The van der Waals surface area contributed by atoms with Crippen LogP contribution in [-0.2, 0) is 18.9 Å². The highest BCUT2D eigenvalue weighted by atomic mass is 16.5. The summed E-state index contributed by atoms with van der Waals surface area (Å²) in [4.78, 5) is 8.60. The molecule has 0 aromatic rings. The van der Waals surface area contributed by atoms with Gasteiger partial charge in [-0.2, -0.15) is 0 Å². The zero-order chi connectivity index (χ0) is 17.0. The Morgan fingerprint density at radius 3 is 1.32 bits per heavy atom. The minimum atomic E-state index is -0.211. The fourth-order valence-electron chi connectivity index (χ4n) is 1.97. The Hall–Kier alpha value is -1.14. The van der Waals surface area contributed by atoms with Crippen molar-refractivity contribution in [1.82, 2.24) is 0 Å². The third-order valence-corrected chi connectivity index (χ3v) is 4.23. The Morgan fingerprint density at radius 2 is 1.14 bits per heavy atom. The fraction of sp³-hybridized carbons (Fsp3) is 0.875. The van der Waals surface area contributed by atoms with E-state index in [1.54, 1.807) is 14.2 Å². The lowest BCUT2D eigenvalue weighted by molar-refractivity contribution is -0.00458. The van der Waals surface area contributed by atoms with Crippen molar-refractivity contribution in [2.24, 2.45) is 9.98 Å². The predicted octanol–water partition coefficient (Wildman–Crippen LogP) is 2.46. The highest BCUT2D eigenvalue weighted by molar-refractivity contribution is 5.75. The first-order valence-corrected chi connectivity index (χ1v) is 7.57. The quantitative estimate of drug-likeness (QED) is 0.799. The molecule has 0 saturated heterocycles. The molecule has 2 aliphatic rings. The van der Waals surface area contributed by atoms with E-state index in [2.05, 4.69) is 9.98 Å². The van der Waals surface area contributed by atoms with Gasteiger partial charge in [0, 0.05) is 28.1 Å². The number of nitrogens with zero attached hydrogens (tertiary/aromatic N) is 2. The van der Waals surface area contributed by atoms with Crippen molar-refractivity contribution in [2.75, 3.05) is 27.4 Å². The third kappa shape index (κ3) is 4.95. The lowest BCUT2D eigenvalue weighted by Crippen LogP contribution is -2.37. The predicted molar refractivity (Wildman–Crippen MR) is 87.9 cm³/mol. The summed E-state index contributed by atoms with van der Waals surface area (Å²) >= 11 is 0. The molecule has 6 nitrogen and oxygen atoms in total. The monoisotopic (exact) mass is 314 g/mol. The van der Waals surface area contributed by atoms with Crippen molar-refractivity contribution < 1.29 is 18.9 Å². The normalized spacial score (nSPS) is 24.7. The Balaban J connectivity index is 0.000000220. The lowest BCUT2D eigenvalue weighted by atomic mass is 10.0. The van der Waals surface area contributed by atoms with Gasteiger partial charge < -0.3 is 18.9 Å². The first-order valence-electron chi connectivity index (χ1n) is 7.57. The first-order chi connectivity index (χ1) is 10.1. The molecular formula is C16H30N2O4. The van der Waals surface area contributed by atoms with Gasteiger partial charge in [0.15, 0.2) is 11.8 Å². The molecule has 2 heterocycles. The summed E-state index contributed by atoms with van der Waals surface area (Å²) in [6, 6.07) is 0.292. The molecule has 128 valence electrons. The Bertz CT molecular complexity index is 390. The number of methoxy groups -OCH3 is 2. The van der Waals surface area contributed by atoms with Gasteiger partial charge in [0.05, 0.1) is 11.2 Å². The second kappa shape index (κ2) is 7.42. The molecule has 2 aliphatic heterocycles. The van der Waals surface area contributed by atoms with E-state index in [1.165, 1.54) is 0 Å².